The summed E-state index contributed by atoms with van der Waals surface area (Å²) in [6.45, 7) is 4.46. The SMILES string of the molecule is CC(C)(C)OC(=O)N1CC[C@@H](c2cnn(-c3cc(-c4ccccc4O)nnc3N)c2)C(F)(F)C1. The monoisotopic (exact) mass is 472 g/mol. The van der Waals surface area contributed by atoms with Crippen LogP contribution in [-0.4, -0.2) is 60.7 Å². The standard InChI is InChI=1S/C23H26F2N6O3/c1-22(2,3)34-21(33)30-9-8-16(23(24,25)13-30)14-11-27-31(12-14)18-10-17(28-29-20(18)26)15-6-4-5-7-19(15)32/h4-7,10-12,16,32H,8-9,13H2,1-3H3,(H2,26,29)/t16-/m0/s1. The Labute approximate surface area is 195 Å². The van der Waals surface area contributed by atoms with Crippen LogP contribution >= 0.6 is 0 Å². The van der Waals surface area contributed by atoms with Crippen molar-refractivity contribution in [2.45, 2.75) is 44.6 Å². The highest BCUT2D eigenvalue weighted by molar-refractivity contribution is 5.70. The maximum Gasteiger partial charge on any atom is 0.410 e. The van der Waals surface area contributed by atoms with Gasteiger partial charge in [0.1, 0.15) is 17.0 Å². The van der Waals surface area contributed by atoms with E-state index < -0.39 is 30.1 Å². The molecule has 3 aromatic rings. The molecule has 34 heavy (non-hydrogen) atoms. The first kappa shape index (κ1) is 23.4. The molecule has 9 nitrogen and oxygen atoms in total. The van der Waals surface area contributed by atoms with E-state index in [1.54, 1.807) is 45.0 Å². The second-order valence-corrected chi connectivity index (χ2v) is 9.24. The lowest BCUT2D eigenvalue weighted by atomic mass is 9.88. The first-order chi connectivity index (χ1) is 15.9. The van der Waals surface area contributed by atoms with Gasteiger partial charge in [-0.3, -0.25) is 0 Å². The zero-order valence-electron chi connectivity index (χ0n) is 19.1. The highest BCUT2D eigenvalue weighted by atomic mass is 19.3. The van der Waals surface area contributed by atoms with E-state index in [1.165, 1.54) is 23.1 Å². The van der Waals surface area contributed by atoms with Gasteiger partial charge in [0.15, 0.2) is 5.82 Å². The molecule has 0 bridgehead atoms. The quantitative estimate of drug-likeness (QED) is 0.592. The molecule has 0 saturated carbocycles. The summed E-state index contributed by atoms with van der Waals surface area (Å²) in [5.41, 5.74) is 6.67. The molecule has 0 aliphatic carbocycles. The minimum Gasteiger partial charge on any atom is -0.507 e. The average Bonchev–Trinajstić information content (AvgIpc) is 3.22. The number of ether oxygens (including phenoxy) is 1. The maximum atomic E-state index is 15.1. The van der Waals surface area contributed by atoms with Gasteiger partial charge in [0.05, 0.1) is 24.4 Å². The Hall–Kier alpha value is -3.76. The zero-order chi connectivity index (χ0) is 24.7. The number of nitrogen functional groups attached to an aromatic ring is 1. The lowest BCUT2D eigenvalue weighted by molar-refractivity contribution is -0.0849. The van der Waals surface area contributed by atoms with Crippen molar-refractivity contribution in [2.75, 3.05) is 18.8 Å². The van der Waals surface area contributed by atoms with E-state index in [0.29, 0.717) is 22.5 Å². The molecule has 1 atom stereocenters. The molecule has 1 amide bonds. The van der Waals surface area contributed by atoms with Crippen LogP contribution < -0.4 is 5.73 Å². The van der Waals surface area contributed by atoms with Crippen LogP contribution in [0.15, 0.2) is 42.7 Å². The van der Waals surface area contributed by atoms with E-state index in [-0.39, 0.29) is 24.5 Å². The molecule has 11 heteroatoms. The highest BCUT2D eigenvalue weighted by Crippen LogP contribution is 2.41. The van der Waals surface area contributed by atoms with Crippen LogP contribution in [0.5, 0.6) is 5.75 Å². The van der Waals surface area contributed by atoms with Crippen molar-refractivity contribution in [1.82, 2.24) is 24.9 Å². The fourth-order valence-electron chi connectivity index (χ4n) is 3.88. The van der Waals surface area contributed by atoms with E-state index >= 15 is 8.78 Å². The maximum absolute atomic E-state index is 15.1. The normalized spacial score (nSPS) is 18.0. The molecule has 1 fully saturated rings. The van der Waals surface area contributed by atoms with Crippen molar-refractivity contribution >= 4 is 11.9 Å². The summed E-state index contributed by atoms with van der Waals surface area (Å²) in [6, 6.07) is 8.19. The van der Waals surface area contributed by atoms with E-state index in [1.807, 2.05) is 0 Å². The van der Waals surface area contributed by atoms with Crippen molar-refractivity contribution in [2.24, 2.45) is 0 Å². The second-order valence-electron chi connectivity index (χ2n) is 9.24. The molecule has 4 rings (SSSR count). The van der Waals surface area contributed by atoms with Crippen LogP contribution in [0.25, 0.3) is 16.9 Å². The summed E-state index contributed by atoms with van der Waals surface area (Å²) in [6.07, 6.45) is 2.13. The number of halogens is 2. The number of para-hydroxylation sites is 1. The number of aromatic hydroxyl groups is 1. The number of nitrogens with two attached hydrogens (primary N) is 1. The molecule has 0 spiro atoms. The number of alkyl halides is 2. The van der Waals surface area contributed by atoms with Gasteiger partial charge in [-0.2, -0.15) is 5.10 Å². The van der Waals surface area contributed by atoms with Crippen LogP contribution in [0.1, 0.15) is 38.7 Å². The van der Waals surface area contributed by atoms with Gasteiger partial charge in [-0.1, -0.05) is 12.1 Å². The number of anilines is 1. The Kier molecular flexibility index (Phi) is 5.88. The third kappa shape index (κ3) is 4.78. The van der Waals surface area contributed by atoms with Crippen LogP contribution in [0.4, 0.5) is 19.4 Å². The van der Waals surface area contributed by atoms with E-state index in [0.717, 1.165) is 4.90 Å². The van der Waals surface area contributed by atoms with Gasteiger partial charge in [-0.15, -0.1) is 10.2 Å². The molecule has 1 aromatic carbocycles. The van der Waals surface area contributed by atoms with Gasteiger partial charge in [0.25, 0.3) is 5.92 Å². The van der Waals surface area contributed by atoms with Crippen LogP contribution in [0.2, 0.25) is 0 Å². The molecule has 0 unspecified atom stereocenters. The number of benzene rings is 1. The van der Waals surface area contributed by atoms with E-state index in [9.17, 15) is 9.90 Å². The Morgan fingerprint density at radius 1 is 1.26 bits per heavy atom. The first-order valence-electron chi connectivity index (χ1n) is 10.8. The third-order valence-corrected chi connectivity index (χ3v) is 5.48. The van der Waals surface area contributed by atoms with Crippen LogP contribution in [-0.2, 0) is 4.74 Å². The number of likely N-dealkylation sites (tertiary alicyclic amines) is 1. The lowest BCUT2D eigenvalue weighted by Gasteiger charge is -2.38. The van der Waals surface area contributed by atoms with Crippen LogP contribution in [0, 0.1) is 0 Å². The number of phenols is 1. The molecule has 1 aliphatic heterocycles. The number of hydrogen-bond acceptors (Lipinski definition) is 7. The fourth-order valence-corrected chi connectivity index (χ4v) is 3.88. The number of carbonyl (C=O) groups excluding carboxylic acids is 1. The van der Waals surface area contributed by atoms with Crippen molar-refractivity contribution in [3.63, 3.8) is 0 Å². The molecular formula is C23H26F2N6O3. The summed E-state index contributed by atoms with van der Waals surface area (Å²) < 4.78 is 36.7. The molecule has 1 aliphatic rings. The predicted octanol–water partition coefficient (Wildman–Crippen LogP) is 3.98. The summed E-state index contributed by atoms with van der Waals surface area (Å²) in [5.74, 6) is -4.23. The number of rotatable bonds is 3. The summed E-state index contributed by atoms with van der Waals surface area (Å²) in [4.78, 5) is 13.3. The van der Waals surface area contributed by atoms with Crippen molar-refractivity contribution in [3.8, 4) is 22.7 Å². The summed E-state index contributed by atoms with van der Waals surface area (Å²) in [5, 5.41) is 22.3. The molecule has 3 N–H and O–H groups in total. The van der Waals surface area contributed by atoms with Gasteiger partial charge < -0.3 is 20.5 Å². The zero-order valence-corrected chi connectivity index (χ0v) is 19.1. The van der Waals surface area contributed by atoms with Crippen molar-refractivity contribution in [1.29, 1.82) is 0 Å². The minimum absolute atomic E-state index is 0.0186. The number of piperidine rings is 1. The fraction of sp³-hybridized carbons (Fsp3) is 0.391. The number of phenolic OH excluding ortho intramolecular Hbond substituents is 1. The smallest absolute Gasteiger partial charge is 0.410 e. The predicted molar refractivity (Wildman–Crippen MR) is 121 cm³/mol. The first-order valence-corrected chi connectivity index (χ1v) is 10.8. The number of amides is 1. The number of nitrogens with zero attached hydrogens (tertiary/aromatic N) is 5. The topological polar surface area (TPSA) is 119 Å². The number of carbonyl (C=O) groups is 1. The van der Waals surface area contributed by atoms with Gasteiger partial charge in [0, 0.05) is 18.3 Å². The molecular weight excluding hydrogens is 446 g/mol. The van der Waals surface area contributed by atoms with Gasteiger partial charge in [-0.25, -0.2) is 18.3 Å². The van der Waals surface area contributed by atoms with Crippen molar-refractivity contribution in [3.05, 3.63) is 48.3 Å². The molecule has 2 aromatic heterocycles. The summed E-state index contributed by atoms with van der Waals surface area (Å²) in [7, 11) is 0. The molecule has 0 radical (unpaired) electrons. The van der Waals surface area contributed by atoms with Gasteiger partial charge in [-0.05, 0) is 51.0 Å². The molecule has 1 saturated heterocycles. The van der Waals surface area contributed by atoms with Gasteiger partial charge >= 0.3 is 6.09 Å². The Bertz CT molecular complexity index is 1210. The minimum atomic E-state index is -3.17. The Balaban J connectivity index is 1.57. The molecule has 180 valence electrons. The average molecular weight is 472 g/mol. The largest absolute Gasteiger partial charge is 0.507 e. The molecule has 3 heterocycles. The van der Waals surface area contributed by atoms with E-state index in [2.05, 4.69) is 15.3 Å². The van der Waals surface area contributed by atoms with Gasteiger partial charge in [0.2, 0.25) is 0 Å². The second kappa shape index (κ2) is 8.54. The van der Waals surface area contributed by atoms with Crippen molar-refractivity contribution < 1.29 is 23.4 Å². The Morgan fingerprint density at radius 2 is 2.00 bits per heavy atom. The van der Waals surface area contributed by atoms with E-state index in [4.69, 9.17) is 10.5 Å². The number of hydrogen-bond donors (Lipinski definition) is 2. The van der Waals surface area contributed by atoms with Crippen LogP contribution in [0.3, 0.4) is 0 Å². The third-order valence-electron chi connectivity index (χ3n) is 5.48. The highest BCUT2D eigenvalue weighted by Gasteiger charge is 2.47. The lowest BCUT2D eigenvalue weighted by Crippen LogP contribution is -2.50. The number of aromatic nitrogens is 4. The summed E-state index contributed by atoms with van der Waals surface area (Å²) >= 11 is 0. The Morgan fingerprint density at radius 3 is 2.68 bits per heavy atom.